The van der Waals surface area contributed by atoms with Gasteiger partial charge in [-0.25, -0.2) is 9.67 Å². The number of nitrogens with one attached hydrogen (secondary N) is 1. The number of hydrogen-bond acceptors (Lipinski definition) is 5. The van der Waals surface area contributed by atoms with Gasteiger partial charge in [-0.15, -0.1) is 5.10 Å². The summed E-state index contributed by atoms with van der Waals surface area (Å²) in [7, 11) is 1.93. The molecule has 0 aliphatic carbocycles. The number of hydrogen-bond donors (Lipinski definition) is 1. The zero-order valence-corrected chi connectivity index (χ0v) is 14.8. The molecule has 122 valence electrons. The third-order valence-electron chi connectivity index (χ3n) is 4.00. The number of aromatic amines is 1. The van der Waals surface area contributed by atoms with Gasteiger partial charge >= 0.3 is 0 Å². The van der Waals surface area contributed by atoms with Gasteiger partial charge < -0.3 is 4.98 Å². The summed E-state index contributed by atoms with van der Waals surface area (Å²) in [5.41, 5.74) is 5.87. The Morgan fingerprint density at radius 3 is 2.42 bits per heavy atom. The van der Waals surface area contributed by atoms with Crippen LogP contribution >= 0.6 is 11.5 Å². The molecule has 0 spiro atoms. The molecule has 3 aromatic heterocycles. The van der Waals surface area contributed by atoms with Crippen molar-refractivity contribution in [1.29, 1.82) is 0 Å². The fraction of sp³-hybridized carbons (Fsp3) is 0.294. The highest BCUT2D eigenvalue weighted by Gasteiger charge is 2.24. The Labute approximate surface area is 143 Å². The molecule has 24 heavy (non-hydrogen) atoms. The summed E-state index contributed by atoms with van der Waals surface area (Å²) in [6.07, 6.45) is 0. The van der Waals surface area contributed by atoms with Crippen LogP contribution in [0.2, 0.25) is 0 Å². The van der Waals surface area contributed by atoms with Crippen molar-refractivity contribution >= 4 is 22.7 Å². The number of benzene rings is 1. The average Bonchev–Trinajstić information content (AvgIpc) is 3.24. The molecule has 0 saturated heterocycles. The van der Waals surface area contributed by atoms with Gasteiger partial charge in [0, 0.05) is 29.0 Å². The molecule has 0 aliphatic rings. The number of aromatic nitrogens is 6. The summed E-state index contributed by atoms with van der Waals surface area (Å²) < 4.78 is 5.75. The smallest absolute Gasteiger partial charge is 0.176 e. The Kier molecular flexibility index (Phi) is 3.28. The topological polar surface area (TPSA) is 72.3 Å². The summed E-state index contributed by atoms with van der Waals surface area (Å²) in [6.45, 7) is 6.48. The minimum Gasteiger partial charge on any atom is -0.335 e. The minimum absolute atomic E-state index is 0.0369. The Morgan fingerprint density at radius 2 is 1.79 bits per heavy atom. The van der Waals surface area contributed by atoms with E-state index in [1.807, 2.05) is 29.2 Å². The monoisotopic (exact) mass is 338 g/mol. The lowest BCUT2D eigenvalue weighted by Gasteiger charge is -2.14. The Hall–Kier alpha value is -2.54. The fourth-order valence-electron chi connectivity index (χ4n) is 2.76. The molecule has 0 atom stereocenters. The quantitative estimate of drug-likeness (QED) is 0.604. The van der Waals surface area contributed by atoms with Crippen molar-refractivity contribution in [3.05, 3.63) is 35.3 Å². The molecule has 0 amide bonds. The van der Waals surface area contributed by atoms with E-state index in [0.717, 1.165) is 39.5 Å². The molecular formula is C17H18N6S. The van der Waals surface area contributed by atoms with Crippen LogP contribution in [0.1, 0.15) is 26.5 Å². The number of rotatable bonds is 2. The van der Waals surface area contributed by atoms with E-state index in [2.05, 4.69) is 52.6 Å². The second-order valence-electron chi connectivity index (χ2n) is 6.87. The van der Waals surface area contributed by atoms with E-state index in [1.165, 1.54) is 11.5 Å². The lowest BCUT2D eigenvalue weighted by atomic mass is 9.92. The van der Waals surface area contributed by atoms with Crippen LogP contribution in [0, 0.1) is 0 Å². The molecule has 0 unspecified atom stereocenters. The Balaban J connectivity index is 1.77. The van der Waals surface area contributed by atoms with Crippen LogP contribution in [0.15, 0.2) is 29.6 Å². The van der Waals surface area contributed by atoms with Crippen LogP contribution in [0.5, 0.6) is 0 Å². The number of fused-ring (bicyclic) bond motifs is 1. The highest BCUT2D eigenvalue weighted by molar-refractivity contribution is 7.03. The second kappa shape index (κ2) is 5.24. The second-order valence-corrected chi connectivity index (χ2v) is 7.48. The molecule has 6 nitrogen and oxygen atoms in total. The van der Waals surface area contributed by atoms with Gasteiger partial charge in [-0.05, 0) is 11.5 Å². The normalized spacial score (nSPS) is 12.2. The maximum Gasteiger partial charge on any atom is 0.176 e. The van der Waals surface area contributed by atoms with Crippen LogP contribution in [-0.4, -0.2) is 29.3 Å². The maximum atomic E-state index is 4.73. The van der Waals surface area contributed by atoms with Crippen molar-refractivity contribution in [1.82, 2.24) is 29.3 Å². The first-order valence-electron chi connectivity index (χ1n) is 7.74. The predicted octanol–water partition coefficient (Wildman–Crippen LogP) is 3.78. The highest BCUT2D eigenvalue weighted by Crippen LogP contribution is 2.30. The van der Waals surface area contributed by atoms with Gasteiger partial charge in [-0.3, -0.25) is 0 Å². The largest absolute Gasteiger partial charge is 0.335 e. The molecule has 4 aromatic rings. The van der Waals surface area contributed by atoms with Gasteiger partial charge in [-0.2, -0.15) is 5.10 Å². The molecule has 0 radical (unpaired) electrons. The van der Waals surface area contributed by atoms with E-state index in [1.54, 1.807) is 0 Å². The number of H-pyrrole nitrogens is 1. The highest BCUT2D eigenvalue weighted by atomic mass is 32.1. The summed E-state index contributed by atoms with van der Waals surface area (Å²) in [4.78, 5) is 8.17. The minimum atomic E-state index is -0.0369. The summed E-state index contributed by atoms with van der Waals surface area (Å²) >= 11 is 1.36. The van der Waals surface area contributed by atoms with Crippen LogP contribution in [0.4, 0.5) is 0 Å². The van der Waals surface area contributed by atoms with Gasteiger partial charge in [0.25, 0.3) is 0 Å². The zero-order chi connectivity index (χ0) is 16.9. The maximum absolute atomic E-state index is 4.73. The molecule has 0 saturated carbocycles. The first-order valence-corrected chi connectivity index (χ1v) is 8.58. The van der Waals surface area contributed by atoms with Gasteiger partial charge in [0.1, 0.15) is 17.0 Å². The molecule has 3 heterocycles. The van der Waals surface area contributed by atoms with E-state index >= 15 is 0 Å². The third-order valence-corrected chi connectivity index (χ3v) is 4.51. The summed E-state index contributed by atoms with van der Waals surface area (Å²) in [5, 5.41) is 10.7. The van der Waals surface area contributed by atoms with Crippen molar-refractivity contribution in [2.75, 3.05) is 0 Å². The Bertz CT molecular complexity index is 986. The van der Waals surface area contributed by atoms with E-state index in [4.69, 9.17) is 4.98 Å². The molecule has 0 aliphatic heterocycles. The van der Waals surface area contributed by atoms with Crippen molar-refractivity contribution in [3.8, 4) is 22.6 Å². The van der Waals surface area contributed by atoms with Crippen LogP contribution in [-0.2, 0) is 12.5 Å². The van der Waals surface area contributed by atoms with E-state index in [0.29, 0.717) is 0 Å². The summed E-state index contributed by atoms with van der Waals surface area (Å²) in [5.74, 6) is 0.853. The molecular weight excluding hydrogens is 320 g/mol. The van der Waals surface area contributed by atoms with Crippen molar-refractivity contribution < 1.29 is 0 Å². The van der Waals surface area contributed by atoms with E-state index < -0.39 is 0 Å². The molecule has 1 N–H and O–H groups in total. The number of imidazole rings is 1. The standard InChI is InChI=1S/C17H18N6S/c1-17(2,3)14-13-16(23(4)21-14)19-15(18-13)11-7-5-10(6-8-11)12-9-24-22-20-12/h5-9H,1-4H3,(H,18,19). The number of nitrogens with zero attached hydrogens (tertiary/aromatic N) is 5. The van der Waals surface area contributed by atoms with Gasteiger partial charge in [-0.1, -0.05) is 49.5 Å². The van der Waals surface area contributed by atoms with Gasteiger partial charge in [0.2, 0.25) is 0 Å². The van der Waals surface area contributed by atoms with E-state index in [9.17, 15) is 0 Å². The summed E-state index contributed by atoms with van der Waals surface area (Å²) in [6, 6.07) is 8.19. The molecule has 0 fully saturated rings. The fourth-order valence-corrected chi connectivity index (χ4v) is 3.23. The van der Waals surface area contributed by atoms with Crippen LogP contribution < -0.4 is 0 Å². The first kappa shape index (κ1) is 15.0. The zero-order valence-electron chi connectivity index (χ0n) is 14.0. The third kappa shape index (κ3) is 2.41. The SMILES string of the molecule is Cn1nc(C(C)(C)C)c2[nH]c(-c3ccc(-c4csnn4)cc3)nc21. The van der Waals surface area contributed by atoms with Crippen molar-refractivity contribution in [3.63, 3.8) is 0 Å². The molecule has 0 bridgehead atoms. The average molecular weight is 338 g/mol. The van der Waals surface area contributed by atoms with Crippen molar-refractivity contribution in [2.45, 2.75) is 26.2 Å². The number of aryl methyl sites for hydroxylation is 1. The molecule has 1 aromatic carbocycles. The van der Waals surface area contributed by atoms with Crippen LogP contribution in [0.25, 0.3) is 33.8 Å². The van der Waals surface area contributed by atoms with Crippen molar-refractivity contribution in [2.24, 2.45) is 7.05 Å². The van der Waals surface area contributed by atoms with Crippen LogP contribution in [0.3, 0.4) is 0 Å². The van der Waals surface area contributed by atoms with E-state index in [-0.39, 0.29) is 5.41 Å². The Morgan fingerprint density at radius 1 is 1.08 bits per heavy atom. The lowest BCUT2D eigenvalue weighted by molar-refractivity contribution is 0.556. The molecule has 4 rings (SSSR count). The predicted molar refractivity (Wildman–Crippen MR) is 95.9 cm³/mol. The van der Waals surface area contributed by atoms with Gasteiger partial charge in [0.15, 0.2) is 5.65 Å². The first-order chi connectivity index (χ1) is 11.4. The lowest BCUT2D eigenvalue weighted by Crippen LogP contribution is -2.13. The molecule has 7 heteroatoms. The van der Waals surface area contributed by atoms with Gasteiger partial charge in [0.05, 0.1) is 5.69 Å².